The Labute approximate surface area is 118 Å². The van der Waals surface area contributed by atoms with Gasteiger partial charge in [0.25, 0.3) is 11.8 Å². The van der Waals surface area contributed by atoms with E-state index >= 15 is 0 Å². The number of amides is 2. The summed E-state index contributed by atoms with van der Waals surface area (Å²) in [4.78, 5) is 26.7. The second-order valence-corrected chi connectivity index (χ2v) is 6.12. The first-order chi connectivity index (χ1) is 9.59. The van der Waals surface area contributed by atoms with Crippen LogP contribution in [0, 0.1) is 5.92 Å². The number of carbonyl (C=O) groups is 2. The number of nitrogens with zero attached hydrogens (tertiary/aromatic N) is 1. The Morgan fingerprint density at radius 3 is 2.35 bits per heavy atom. The molecule has 0 aromatic heterocycles. The Morgan fingerprint density at radius 1 is 1.25 bits per heavy atom. The lowest BCUT2D eigenvalue weighted by Gasteiger charge is -2.44. The van der Waals surface area contributed by atoms with Gasteiger partial charge in [-0.25, -0.2) is 0 Å². The number of nitrogens with two attached hydrogens (primary N) is 1. The summed E-state index contributed by atoms with van der Waals surface area (Å²) in [7, 11) is 0. The Hall–Kier alpha value is -1.68. The van der Waals surface area contributed by atoms with Crippen molar-refractivity contribution in [3.8, 4) is 0 Å². The zero-order valence-electron chi connectivity index (χ0n) is 11.8. The molecule has 2 atom stereocenters. The lowest BCUT2D eigenvalue weighted by Crippen LogP contribution is -2.58. The number of carbonyl (C=O) groups excluding carboxylic acids is 2. The molecule has 4 nitrogen and oxygen atoms in total. The van der Waals surface area contributed by atoms with Crippen LogP contribution in [-0.2, 0) is 0 Å². The van der Waals surface area contributed by atoms with Gasteiger partial charge in [-0.3, -0.25) is 14.5 Å². The van der Waals surface area contributed by atoms with Crippen molar-refractivity contribution in [2.45, 2.75) is 38.1 Å². The minimum Gasteiger partial charge on any atom is -0.328 e. The van der Waals surface area contributed by atoms with E-state index in [0.717, 1.165) is 25.7 Å². The van der Waals surface area contributed by atoms with Crippen molar-refractivity contribution in [1.29, 1.82) is 0 Å². The van der Waals surface area contributed by atoms with E-state index < -0.39 is 5.54 Å². The molecule has 20 heavy (non-hydrogen) atoms. The maximum atomic E-state index is 12.6. The lowest BCUT2D eigenvalue weighted by atomic mass is 9.75. The van der Waals surface area contributed by atoms with Crippen molar-refractivity contribution in [3.05, 3.63) is 35.4 Å². The molecule has 106 valence electrons. The molecule has 1 aliphatic heterocycles. The number of benzene rings is 1. The molecule has 1 aromatic carbocycles. The van der Waals surface area contributed by atoms with Crippen molar-refractivity contribution in [2.24, 2.45) is 11.7 Å². The first kappa shape index (κ1) is 13.3. The fraction of sp³-hybridized carbons (Fsp3) is 0.500. The maximum absolute atomic E-state index is 12.6. The predicted octanol–water partition coefficient (Wildman–Crippen LogP) is 2.19. The second-order valence-electron chi connectivity index (χ2n) is 6.12. The van der Waals surface area contributed by atoms with E-state index in [1.54, 1.807) is 24.3 Å². The SMILES string of the molecule is CC1CCCC(CN)(N2C(=O)c3ccccc3C2=O)C1. The molecule has 0 radical (unpaired) electrons. The molecule has 1 aromatic rings. The highest BCUT2D eigenvalue weighted by atomic mass is 16.2. The van der Waals surface area contributed by atoms with Crippen LogP contribution in [0.25, 0.3) is 0 Å². The number of imide groups is 1. The van der Waals surface area contributed by atoms with Crippen LogP contribution in [0.2, 0.25) is 0 Å². The molecule has 0 saturated heterocycles. The fourth-order valence-electron chi connectivity index (χ4n) is 3.73. The number of fused-ring (bicyclic) bond motifs is 1. The van der Waals surface area contributed by atoms with Crippen LogP contribution in [0.15, 0.2) is 24.3 Å². The molecule has 0 spiro atoms. The average molecular weight is 272 g/mol. The van der Waals surface area contributed by atoms with Crippen molar-refractivity contribution < 1.29 is 9.59 Å². The number of rotatable bonds is 2. The molecule has 1 aliphatic carbocycles. The summed E-state index contributed by atoms with van der Waals surface area (Å²) in [5.74, 6) is 0.145. The Balaban J connectivity index is 2.02. The molecule has 1 fully saturated rings. The van der Waals surface area contributed by atoms with E-state index in [0.29, 0.717) is 23.6 Å². The molecule has 4 heteroatoms. The highest BCUT2D eigenvalue weighted by Gasteiger charge is 2.49. The van der Waals surface area contributed by atoms with E-state index in [4.69, 9.17) is 5.73 Å². The normalized spacial score (nSPS) is 29.7. The van der Waals surface area contributed by atoms with Gasteiger partial charge in [-0.2, -0.15) is 0 Å². The smallest absolute Gasteiger partial charge is 0.262 e. The van der Waals surface area contributed by atoms with Crippen LogP contribution in [0.4, 0.5) is 0 Å². The van der Waals surface area contributed by atoms with Gasteiger partial charge in [0, 0.05) is 6.54 Å². The summed E-state index contributed by atoms with van der Waals surface area (Å²) in [6.45, 7) is 2.52. The Morgan fingerprint density at radius 2 is 1.85 bits per heavy atom. The van der Waals surface area contributed by atoms with E-state index in [1.165, 1.54) is 4.90 Å². The number of hydrogen-bond acceptors (Lipinski definition) is 3. The zero-order chi connectivity index (χ0) is 14.3. The molecule has 2 unspecified atom stereocenters. The van der Waals surface area contributed by atoms with E-state index in [-0.39, 0.29) is 11.8 Å². The van der Waals surface area contributed by atoms with E-state index in [2.05, 4.69) is 6.92 Å². The van der Waals surface area contributed by atoms with Gasteiger partial charge in [-0.15, -0.1) is 0 Å². The predicted molar refractivity (Wildman–Crippen MR) is 76.4 cm³/mol. The van der Waals surface area contributed by atoms with Crippen molar-refractivity contribution in [1.82, 2.24) is 4.90 Å². The molecular formula is C16H20N2O2. The van der Waals surface area contributed by atoms with Crippen LogP contribution in [-0.4, -0.2) is 28.8 Å². The van der Waals surface area contributed by atoms with Gasteiger partial charge in [-0.1, -0.05) is 31.9 Å². The second kappa shape index (κ2) is 4.70. The Bertz CT molecular complexity index is 534. The van der Waals surface area contributed by atoms with Gasteiger partial charge in [0.05, 0.1) is 16.7 Å². The maximum Gasteiger partial charge on any atom is 0.262 e. The van der Waals surface area contributed by atoms with Crippen molar-refractivity contribution in [3.63, 3.8) is 0 Å². The lowest BCUT2D eigenvalue weighted by molar-refractivity contribution is 0.0291. The summed E-state index contributed by atoms with van der Waals surface area (Å²) < 4.78 is 0. The van der Waals surface area contributed by atoms with Crippen molar-refractivity contribution in [2.75, 3.05) is 6.54 Å². The summed E-state index contributed by atoms with van der Waals surface area (Å²) >= 11 is 0. The third kappa shape index (κ3) is 1.79. The standard InChI is InChI=1S/C16H20N2O2/c1-11-5-4-8-16(9-11,10-17)18-14(19)12-6-2-3-7-13(12)15(18)20/h2-3,6-7,11H,4-5,8-10,17H2,1H3. The quantitative estimate of drug-likeness (QED) is 0.839. The summed E-state index contributed by atoms with van der Waals surface area (Å²) in [5, 5.41) is 0. The highest BCUT2D eigenvalue weighted by molar-refractivity contribution is 6.21. The van der Waals surface area contributed by atoms with Crippen LogP contribution in [0.3, 0.4) is 0 Å². The van der Waals surface area contributed by atoms with Gasteiger partial charge >= 0.3 is 0 Å². The molecule has 1 saturated carbocycles. The van der Waals surface area contributed by atoms with E-state index in [9.17, 15) is 9.59 Å². The fourth-order valence-corrected chi connectivity index (χ4v) is 3.73. The molecule has 2 aliphatic rings. The molecule has 0 bridgehead atoms. The Kier molecular flexibility index (Phi) is 3.13. The first-order valence-electron chi connectivity index (χ1n) is 7.27. The van der Waals surface area contributed by atoms with Gasteiger partial charge in [-0.05, 0) is 30.9 Å². The van der Waals surface area contributed by atoms with Crippen LogP contribution in [0.1, 0.15) is 53.3 Å². The third-order valence-corrected chi connectivity index (χ3v) is 4.72. The minimum atomic E-state index is -0.495. The monoisotopic (exact) mass is 272 g/mol. The molecule has 2 N–H and O–H groups in total. The summed E-state index contributed by atoms with van der Waals surface area (Å²) in [5.41, 5.74) is 6.53. The van der Waals surface area contributed by atoms with Crippen molar-refractivity contribution >= 4 is 11.8 Å². The van der Waals surface area contributed by atoms with Crippen LogP contribution >= 0.6 is 0 Å². The molecule has 1 heterocycles. The largest absolute Gasteiger partial charge is 0.328 e. The zero-order valence-corrected chi connectivity index (χ0v) is 11.8. The van der Waals surface area contributed by atoms with Crippen LogP contribution in [0.5, 0.6) is 0 Å². The highest BCUT2D eigenvalue weighted by Crippen LogP contribution is 2.40. The summed E-state index contributed by atoms with van der Waals surface area (Å²) in [6, 6.07) is 7.05. The van der Waals surface area contributed by atoms with Gasteiger partial charge in [0.15, 0.2) is 0 Å². The number of hydrogen-bond donors (Lipinski definition) is 1. The van der Waals surface area contributed by atoms with E-state index in [1.807, 2.05) is 0 Å². The van der Waals surface area contributed by atoms with Gasteiger partial charge < -0.3 is 5.73 Å². The topological polar surface area (TPSA) is 63.4 Å². The minimum absolute atomic E-state index is 0.176. The summed E-state index contributed by atoms with van der Waals surface area (Å²) in [6.07, 6.45) is 3.80. The third-order valence-electron chi connectivity index (χ3n) is 4.72. The first-order valence-corrected chi connectivity index (χ1v) is 7.27. The average Bonchev–Trinajstić information content (AvgIpc) is 2.72. The molecule has 3 rings (SSSR count). The van der Waals surface area contributed by atoms with Gasteiger partial charge in [0.1, 0.15) is 0 Å². The molecular weight excluding hydrogens is 252 g/mol. The molecule has 2 amide bonds. The van der Waals surface area contributed by atoms with Crippen LogP contribution < -0.4 is 5.73 Å². The van der Waals surface area contributed by atoms with Gasteiger partial charge in [0.2, 0.25) is 0 Å².